The highest BCUT2D eigenvalue weighted by molar-refractivity contribution is 5.93. The van der Waals surface area contributed by atoms with Crippen molar-refractivity contribution in [2.45, 2.75) is 12.5 Å². The van der Waals surface area contributed by atoms with Crippen molar-refractivity contribution in [1.82, 2.24) is 14.9 Å². The Kier molecular flexibility index (Phi) is 5.81. The molecule has 2 aromatic carbocycles. The number of carbonyl (C=O) groups is 1. The molecule has 1 aliphatic rings. The largest absolute Gasteiger partial charge is 0.497 e. The lowest BCUT2D eigenvalue weighted by molar-refractivity contribution is -0.0208. The van der Waals surface area contributed by atoms with Crippen molar-refractivity contribution in [3.05, 3.63) is 78.1 Å². The SMILES string of the molecule is COc1ccc(CC2CN(C(=O)c3cnc(-c4ccccc4)nc3)CCO2)cc1. The van der Waals surface area contributed by atoms with Crippen molar-refractivity contribution in [2.24, 2.45) is 0 Å². The van der Waals surface area contributed by atoms with Gasteiger partial charge in [-0.2, -0.15) is 0 Å². The third kappa shape index (κ3) is 4.60. The summed E-state index contributed by atoms with van der Waals surface area (Å²) in [6.45, 7) is 1.64. The minimum atomic E-state index is -0.0624. The second kappa shape index (κ2) is 8.84. The molecule has 6 heteroatoms. The maximum absolute atomic E-state index is 12.9. The second-order valence-corrected chi connectivity index (χ2v) is 6.96. The molecule has 0 saturated carbocycles. The highest BCUT2D eigenvalue weighted by atomic mass is 16.5. The zero-order valence-corrected chi connectivity index (χ0v) is 16.3. The molecule has 29 heavy (non-hydrogen) atoms. The van der Waals surface area contributed by atoms with Crippen molar-refractivity contribution in [2.75, 3.05) is 26.8 Å². The number of carbonyl (C=O) groups excluding carboxylic acids is 1. The van der Waals surface area contributed by atoms with Crippen LogP contribution in [0.4, 0.5) is 0 Å². The first-order valence-electron chi connectivity index (χ1n) is 9.64. The van der Waals surface area contributed by atoms with E-state index in [4.69, 9.17) is 9.47 Å². The highest BCUT2D eigenvalue weighted by Gasteiger charge is 2.25. The number of ether oxygens (including phenoxy) is 2. The van der Waals surface area contributed by atoms with E-state index in [2.05, 4.69) is 9.97 Å². The first-order valence-corrected chi connectivity index (χ1v) is 9.64. The Labute approximate surface area is 170 Å². The smallest absolute Gasteiger partial charge is 0.257 e. The van der Waals surface area contributed by atoms with Gasteiger partial charge in [-0.15, -0.1) is 0 Å². The summed E-state index contributed by atoms with van der Waals surface area (Å²) in [5, 5.41) is 0. The summed E-state index contributed by atoms with van der Waals surface area (Å²) in [6, 6.07) is 17.6. The quantitative estimate of drug-likeness (QED) is 0.670. The molecule has 0 radical (unpaired) electrons. The summed E-state index contributed by atoms with van der Waals surface area (Å²) in [7, 11) is 1.65. The maximum Gasteiger partial charge on any atom is 0.257 e. The molecule has 0 N–H and O–H groups in total. The van der Waals surface area contributed by atoms with E-state index in [9.17, 15) is 4.79 Å². The summed E-state index contributed by atoms with van der Waals surface area (Å²) in [6.07, 6.45) is 3.92. The van der Waals surface area contributed by atoms with Crippen LogP contribution < -0.4 is 4.74 Å². The Balaban J connectivity index is 1.40. The van der Waals surface area contributed by atoms with Crippen LogP contribution in [0.3, 0.4) is 0 Å². The first-order chi connectivity index (χ1) is 14.2. The van der Waals surface area contributed by atoms with Gasteiger partial charge in [-0.05, 0) is 17.7 Å². The van der Waals surface area contributed by atoms with Crippen LogP contribution in [0.5, 0.6) is 5.75 Å². The van der Waals surface area contributed by atoms with Gasteiger partial charge in [-0.3, -0.25) is 4.79 Å². The average molecular weight is 389 g/mol. The number of morpholine rings is 1. The van der Waals surface area contributed by atoms with Gasteiger partial charge in [0, 0.05) is 37.5 Å². The van der Waals surface area contributed by atoms with Gasteiger partial charge in [0.1, 0.15) is 5.75 Å². The van der Waals surface area contributed by atoms with Gasteiger partial charge < -0.3 is 14.4 Å². The number of rotatable bonds is 5. The molecule has 2 heterocycles. The van der Waals surface area contributed by atoms with E-state index in [1.165, 1.54) is 0 Å². The highest BCUT2D eigenvalue weighted by Crippen LogP contribution is 2.18. The number of hydrogen-bond donors (Lipinski definition) is 0. The normalized spacial score (nSPS) is 16.4. The van der Waals surface area contributed by atoms with Crippen LogP contribution in [0.15, 0.2) is 67.0 Å². The lowest BCUT2D eigenvalue weighted by atomic mass is 10.1. The van der Waals surface area contributed by atoms with E-state index in [0.29, 0.717) is 31.1 Å². The predicted octanol–water partition coefficient (Wildman–Crippen LogP) is 3.24. The average Bonchev–Trinajstić information content (AvgIpc) is 2.80. The van der Waals surface area contributed by atoms with Crippen LogP contribution >= 0.6 is 0 Å². The Morgan fingerprint density at radius 3 is 2.52 bits per heavy atom. The van der Waals surface area contributed by atoms with Crippen molar-refractivity contribution in [3.63, 3.8) is 0 Å². The Hall–Kier alpha value is -3.25. The Bertz CT molecular complexity index is 943. The summed E-state index contributed by atoms with van der Waals surface area (Å²) in [5.41, 5.74) is 2.58. The van der Waals surface area contributed by atoms with Crippen LogP contribution in [-0.2, 0) is 11.2 Å². The summed E-state index contributed by atoms with van der Waals surface area (Å²) in [4.78, 5) is 23.5. The van der Waals surface area contributed by atoms with E-state index in [1.807, 2.05) is 59.5 Å². The summed E-state index contributed by atoms with van der Waals surface area (Å²) < 4.78 is 11.1. The van der Waals surface area contributed by atoms with Gasteiger partial charge in [0.25, 0.3) is 5.91 Å². The van der Waals surface area contributed by atoms with Crippen molar-refractivity contribution >= 4 is 5.91 Å². The molecular weight excluding hydrogens is 366 g/mol. The molecule has 3 aromatic rings. The van der Waals surface area contributed by atoms with Crippen molar-refractivity contribution in [1.29, 1.82) is 0 Å². The standard InChI is InChI=1S/C23H23N3O3/c1-28-20-9-7-17(8-10-20)13-21-16-26(11-12-29-21)23(27)19-14-24-22(25-15-19)18-5-3-2-4-6-18/h2-10,14-15,21H,11-13,16H2,1H3. The fourth-order valence-corrected chi connectivity index (χ4v) is 3.41. The van der Waals surface area contributed by atoms with Crippen molar-refractivity contribution in [3.8, 4) is 17.1 Å². The molecule has 0 spiro atoms. The van der Waals surface area contributed by atoms with Crippen LogP contribution in [0.25, 0.3) is 11.4 Å². The molecule has 148 valence electrons. The zero-order chi connectivity index (χ0) is 20.1. The minimum absolute atomic E-state index is 0.0365. The molecule has 1 aromatic heterocycles. The predicted molar refractivity (Wildman–Crippen MR) is 110 cm³/mol. The van der Waals surface area contributed by atoms with Gasteiger partial charge in [0.2, 0.25) is 0 Å². The molecule has 4 rings (SSSR count). The van der Waals surface area contributed by atoms with Crippen LogP contribution in [-0.4, -0.2) is 53.7 Å². The molecule has 1 atom stereocenters. The van der Waals surface area contributed by atoms with E-state index >= 15 is 0 Å². The topological polar surface area (TPSA) is 64.5 Å². The molecule has 1 aliphatic heterocycles. The van der Waals surface area contributed by atoms with Gasteiger partial charge in [-0.1, -0.05) is 42.5 Å². The van der Waals surface area contributed by atoms with Crippen LogP contribution in [0.2, 0.25) is 0 Å². The summed E-state index contributed by atoms with van der Waals surface area (Å²) in [5.74, 6) is 1.38. The summed E-state index contributed by atoms with van der Waals surface area (Å²) >= 11 is 0. The second-order valence-electron chi connectivity index (χ2n) is 6.96. The number of aromatic nitrogens is 2. The molecule has 1 fully saturated rings. The monoisotopic (exact) mass is 389 g/mol. The number of benzene rings is 2. The fraction of sp³-hybridized carbons (Fsp3) is 0.261. The molecule has 0 bridgehead atoms. The van der Waals surface area contributed by atoms with Gasteiger partial charge in [0.15, 0.2) is 5.82 Å². The zero-order valence-electron chi connectivity index (χ0n) is 16.3. The lowest BCUT2D eigenvalue weighted by Gasteiger charge is -2.33. The van der Waals surface area contributed by atoms with E-state index in [1.54, 1.807) is 19.5 Å². The molecule has 1 saturated heterocycles. The van der Waals surface area contributed by atoms with E-state index in [0.717, 1.165) is 23.3 Å². The number of hydrogen-bond acceptors (Lipinski definition) is 5. The Morgan fingerprint density at radius 1 is 1.10 bits per heavy atom. The van der Waals surface area contributed by atoms with Gasteiger partial charge in [-0.25, -0.2) is 9.97 Å². The lowest BCUT2D eigenvalue weighted by Crippen LogP contribution is -2.46. The third-order valence-corrected chi connectivity index (χ3v) is 4.98. The molecular formula is C23H23N3O3. The van der Waals surface area contributed by atoms with Crippen LogP contribution in [0, 0.1) is 0 Å². The fourth-order valence-electron chi connectivity index (χ4n) is 3.41. The van der Waals surface area contributed by atoms with Crippen LogP contribution in [0.1, 0.15) is 15.9 Å². The van der Waals surface area contributed by atoms with Crippen molar-refractivity contribution < 1.29 is 14.3 Å². The van der Waals surface area contributed by atoms with Gasteiger partial charge in [0.05, 0.1) is 25.4 Å². The molecule has 1 amide bonds. The molecule has 0 aliphatic carbocycles. The van der Waals surface area contributed by atoms with Gasteiger partial charge >= 0.3 is 0 Å². The minimum Gasteiger partial charge on any atom is -0.497 e. The first kappa shape index (κ1) is 19.1. The Morgan fingerprint density at radius 2 is 1.83 bits per heavy atom. The van der Waals surface area contributed by atoms with E-state index < -0.39 is 0 Å². The maximum atomic E-state index is 12.9. The number of methoxy groups -OCH3 is 1. The molecule has 6 nitrogen and oxygen atoms in total. The number of amides is 1. The van der Waals surface area contributed by atoms with E-state index in [-0.39, 0.29) is 12.0 Å². The number of nitrogens with zero attached hydrogens (tertiary/aromatic N) is 3. The third-order valence-electron chi connectivity index (χ3n) is 4.98. The molecule has 1 unspecified atom stereocenters.